The molecule has 0 saturated heterocycles. The van der Waals surface area contributed by atoms with Gasteiger partial charge in [-0.05, 0) is 68.3 Å². The van der Waals surface area contributed by atoms with Crippen LogP contribution >= 0.6 is 0 Å². The van der Waals surface area contributed by atoms with Crippen molar-refractivity contribution < 1.29 is 4.79 Å². The van der Waals surface area contributed by atoms with E-state index in [2.05, 4.69) is 6.08 Å². The van der Waals surface area contributed by atoms with Gasteiger partial charge in [0.2, 0.25) is 0 Å². The maximum Gasteiger partial charge on any atom is 0.182 e. The lowest BCUT2D eigenvalue weighted by Gasteiger charge is -2.44. The lowest BCUT2D eigenvalue weighted by Crippen LogP contribution is -2.69. The van der Waals surface area contributed by atoms with Crippen LogP contribution in [0.1, 0.15) is 96.3 Å². The Kier molecular flexibility index (Phi) is 5.97. The van der Waals surface area contributed by atoms with E-state index in [1.54, 1.807) is 0 Å². The first-order chi connectivity index (χ1) is 13.8. The summed E-state index contributed by atoms with van der Waals surface area (Å²) in [6.07, 6.45) is 20.0. The number of ketones is 1. The van der Waals surface area contributed by atoms with Crippen molar-refractivity contribution in [1.29, 1.82) is 0 Å². The molecule has 5 heteroatoms. The number of carbonyl (C=O) groups excluding carboxylic acids is 1. The molecular formula is C24H42N4O. The van der Waals surface area contributed by atoms with Crippen LogP contribution in [0.2, 0.25) is 0 Å². The summed E-state index contributed by atoms with van der Waals surface area (Å²) in [5, 5.41) is 0. The fraction of sp³-hybridized carbons (Fsp3) is 0.875. The molecule has 8 N–H and O–H groups in total. The molecule has 0 radical (unpaired) electrons. The van der Waals surface area contributed by atoms with Gasteiger partial charge < -0.3 is 22.9 Å². The van der Waals surface area contributed by atoms with Gasteiger partial charge in [0.1, 0.15) is 5.54 Å². The second-order valence-electron chi connectivity index (χ2n) is 10.8. The van der Waals surface area contributed by atoms with Crippen molar-refractivity contribution in [3.05, 3.63) is 11.6 Å². The first-order valence-corrected chi connectivity index (χ1v) is 12.2. The number of fused-ring (bicyclic) bond motifs is 2. The summed E-state index contributed by atoms with van der Waals surface area (Å²) >= 11 is 0. The van der Waals surface area contributed by atoms with E-state index in [4.69, 9.17) is 22.9 Å². The molecule has 4 saturated carbocycles. The van der Waals surface area contributed by atoms with Crippen molar-refractivity contribution in [2.75, 3.05) is 0 Å². The summed E-state index contributed by atoms with van der Waals surface area (Å²) in [6, 6.07) is 0.378. The molecule has 4 aliphatic carbocycles. The van der Waals surface area contributed by atoms with Gasteiger partial charge in [0.25, 0.3) is 0 Å². The quantitative estimate of drug-likeness (QED) is 0.396. The van der Waals surface area contributed by atoms with Crippen LogP contribution in [0.25, 0.3) is 0 Å². The molecule has 29 heavy (non-hydrogen) atoms. The fourth-order valence-electron chi connectivity index (χ4n) is 7.11. The minimum Gasteiger partial charge on any atom is -0.328 e. The Morgan fingerprint density at radius 1 is 0.759 bits per heavy atom. The third kappa shape index (κ3) is 3.62. The molecule has 5 unspecified atom stereocenters. The highest BCUT2D eigenvalue weighted by atomic mass is 16.1. The molecule has 2 bridgehead atoms. The first kappa shape index (κ1) is 21.5. The number of Topliss-reactive ketones (excluding diaryl/α,β-unsaturated/α-hetero) is 1. The number of allylic oxidation sites excluding steroid dienone is 1. The molecule has 4 aliphatic rings. The van der Waals surface area contributed by atoms with Crippen molar-refractivity contribution in [3.63, 3.8) is 0 Å². The molecule has 4 rings (SSSR count). The molecule has 5 nitrogen and oxygen atoms in total. The van der Waals surface area contributed by atoms with Crippen molar-refractivity contribution in [2.24, 2.45) is 40.2 Å². The summed E-state index contributed by atoms with van der Waals surface area (Å²) in [7, 11) is 0. The van der Waals surface area contributed by atoms with Crippen LogP contribution in [0.15, 0.2) is 11.6 Å². The highest BCUT2D eigenvalue weighted by Crippen LogP contribution is 2.54. The minimum atomic E-state index is -1.08. The van der Waals surface area contributed by atoms with Crippen LogP contribution in [-0.4, -0.2) is 23.0 Å². The van der Waals surface area contributed by atoms with Gasteiger partial charge in [0.05, 0.1) is 5.66 Å². The summed E-state index contributed by atoms with van der Waals surface area (Å²) in [5.74, 6) is 0.421. The fourth-order valence-corrected chi connectivity index (χ4v) is 7.11. The van der Waals surface area contributed by atoms with E-state index in [1.165, 1.54) is 77.0 Å². The molecule has 0 aromatic heterocycles. The molecule has 0 aromatic rings. The van der Waals surface area contributed by atoms with Crippen LogP contribution in [0, 0.1) is 17.3 Å². The van der Waals surface area contributed by atoms with Crippen LogP contribution in [-0.2, 0) is 4.79 Å². The largest absolute Gasteiger partial charge is 0.328 e. The number of hydrogen-bond donors (Lipinski definition) is 4. The van der Waals surface area contributed by atoms with Crippen LogP contribution in [0.3, 0.4) is 0 Å². The van der Waals surface area contributed by atoms with Crippen LogP contribution in [0.4, 0.5) is 0 Å². The van der Waals surface area contributed by atoms with E-state index in [9.17, 15) is 4.79 Å². The van der Waals surface area contributed by atoms with E-state index in [0.717, 1.165) is 18.4 Å². The molecule has 1 spiro atoms. The molecule has 0 amide bonds. The van der Waals surface area contributed by atoms with Gasteiger partial charge in [-0.25, -0.2) is 0 Å². The number of nitrogens with two attached hydrogens (primary N) is 4. The molecule has 0 heterocycles. The lowest BCUT2D eigenvalue weighted by molar-refractivity contribution is -0.120. The third-order valence-electron chi connectivity index (χ3n) is 9.08. The normalized spacial score (nSPS) is 44.9. The van der Waals surface area contributed by atoms with E-state index in [-0.39, 0.29) is 11.7 Å². The molecular weight excluding hydrogens is 360 g/mol. The smallest absolute Gasteiger partial charge is 0.182 e. The predicted molar refractivity (Wildman–Crippen MR) is 118 cm³/mol. The first-order valence-electron chi connectivity index (χ1n) is 12.2. The minimum absolute atomic E-state index is 0.0297. The topological polar surface area (TPSA) is 121 Å². The van der Waals surface area contributed by atoms with Crippen LogP contribution in [0.5, 0.6) is 0 Å². The molecule has 0 aromatic carbocycles. The zero-order valence-corrected chi connectivity index (χ0v) is 18.1. The average Bonchev–Trinajstić information content (AvgIpc) is 2.98. The van der Waals surface area contributed by atoms with Crippen LogP contribution < -0.4 is 22.9 Å². The number of rotatable bonds is 1. The molecule has 164 valence electrons. The van der Waals surface area contributed by atoms with Gasteiger partial charge in [-0.1, -0.05) is 51.0 Å². The van der Waals surface area contributed by atoms with Gasteiger partial charge in [0.15, 0.2) is 5.78 Å². The summed E-state index contributed by atoms with van der Waals surface area (Å²) in [4.78, 5) is 13.2. The Bertz CT molecular complexity index is 659. The second kappa shape index (κ2) is 8.07. The standard InChI is InChI=1S/C24H42N4O/c25-18-9-2-1-5-12-22(14-7-4-10-18)13-6-3-8-17(22)16-19-20-11-15-23(26,21(19)29)24(20,27)28/h16-18,20H,1-15,25-28H2/b19-16-. The second-order valence-corrected chi connectivity index (χ2v) is 10.8. The van der Waals surface area contributed by atoms with Gasteiger partial charge in [0, 0.05) is 12.0 Å². The predicted octanol–water partition coefficient (Wildman–Crippen LogP) is 3.25. The van der Waals surface area contributed by atoms with Crippen molar-refractivity contribution in [1.82, 2.24) is 0 Å². The van der Waals surface area contributed by atoms with E-state index in [0.29, 0.717) is 23.8 Å². The highest BCUT2D eigenvalue weighted by Gasteiger charge is 2.66. The Balaban J connectivity index is 1.60. The molecule has 0 aliphatic heterocycles. The van der Waals surface area contributed by atoms with E-state index >= 15 is 0 Å². The summed E-state index contributed by atoms with van der Waals surface area (Å²) in [6.45, 7) is 0. The Morgan fingerprint density at radius 2 is 1.34 bits per heavy atom. The monoisotopic (exact) mass is 402 g/mol. The number of hydrogen-bond acceptors (Lipinski definition) is 5. The summed E-state index contributed by atoms with van der Waals surface area (Å²) < 4.78 is 0. The summed E-state index contributed by atoms with van der Waals surface area (Å²) in [5.41, 5.74) is 24.6. The number of carbonyl (C=O) groups is 1. The molecule has 4 fully saturated rings. The van der Waals surface area contributed by atoms with Gasteiger partial charge in [-0.3, -0.25) is 4.79 Å². The Labute approximate surface area is 176 Å². The maximum absolute atomic E-state index is 13.2. The maximum atomic E-state index is 13.2. The van der Waals surface area contributed by atoms with Gasteiger partial charge >= 0.3 is 0 Å². The van der Waals surface area contributed by atoms with Gasteiger partial charge in [-0.15, -0.1) is 0 Å². The zero-order valence-electron chi connectivity index (χ0n) is 18.1. The Morgan fingerprint density at radius 3 is 1.97 bits per heavy atom. The SMILES string of the molecule is NC1CCCCCC2(CCCC1)CCCCC2/C=C1\C(=O)C2(N)CCC1C2(N)N. The van der Waals surface area contributed by atoms with Crippen molar-refractivity contribution in [3.8, 4) is 0 Å². The van der Waals surface area contributed by atoms with Crippen molar-refractivity contribution >= 4 is 5.78 Å². The van der Waals surface area contributed by atoms with Gasteiger partial charge in [-0.2, -0.15) is 0 Å². The lowest BCUT2D eigenvalue weighted by atomic mass is 9.60. The zero-order chi connectivity index (χ0) is 20.7. The van der Waals surface area contributed by atoms with E-state index in [1.807, 2.05) is 0 Å². The van der Waals surface area contributed by atoms with Crippen molar-refractivity contribution in [2.45, 2.75) is 114 Å². The molecule has 5 atom stereocenters. The Hall–Kier alpha value is -0.750. The third-order valence-corrected chi connectivity index (χ3v) is 9.08. The average molecular weight is 403 g/mol. The van der Waals surface area contributed by atoms with E-state index < -0.39 is 11.2 Å². The highest BCUT2D eigenvalue weighted by molar-refractivity contribution is 6.08.